The molecule has 55 heavy (non-hydrogen) atoms. The molecule has 0 aliphatic carbocycles. The van der Waals surface area contributed by atoms with Crippen molar-refractivity contribution in [1.82, 2.24) is 10.2 Å². The predicted molar refractivity (Wildman–Crippen MR) is 216 cm³/mol. The zero-order valence-electron chi connectivity index (χ0n) is 34.3. The Balaban J connectivity index is 1.53. The minimum atomic E-state index is -1.77. The maximum Gasteiger partial charge on any atom is 0.326 e. The summed E-state index contributed by atoms with van der Waals surface area (Å²) in [4.78, 5) is 67.9. The predicted octanol–water partition coefficient (Wildman–Crippen LogP) is 8.90. The summed E-state index contributed by atoms with van der Waals surface area (Å²) in [5, 5.41) is 8.15. The Morgan fingerprint density at radius 2 is 1.45 bits per heavy atom. The lowest BCUT2D eigenvalue weighted by Crippen LogP contribution is -2.55. The molecule has 11 nitrogen and oxygen atoms in total. The van der Waals surface area contributed by atoms with Crippen LogP contribution in [0.1, 0.15) is 113 Å². The van der Waals surface area contributed by atoms with Gasteiger partial charge in [-0.3, -0.25) is 19.2 Å². The van der Waals surface area contributed by atoms with Crippen LogP contribution in [0.25, 0.3) is 0 Å². The van der Waals surface area contributed by atoms with Gasteiger partial charge in [-0.1, -0.05) is 92.6 Å². The molecule has 5 amide bonds. The van der Waals surface area contributed by atoms with Crippen LogP contribution in [0.3, 0.4) is 0 Å². The average Bonchev–Trinajstić information content (AvgIpc) is 3.32. The highest BCUT2D eigenvalue weighted by Gasteiger charge is 2.53. The Kier molecular flexibility index (Phi) is 12.9. The highest BCUT2D eigenvalue weighted by atomic mass is 16.5. The zero-order chi connectivity index (χ0) is 40.9. The maximum absolute atomic E-state index is 14.0. The van der Waals surface area contributed by atoms with Crippen molar-refractivity contribution in [3.63, 3.8) is 0 Å². The number of rotatable bonds is 16. The van der Waals surface area contributed by atoms with Crippen LogP contribution >= 0.6 is 0 Å². The van der Waals surface area contributed by atoms with Gasteiger partial charge in [-0.15, -0.1) is 0 Å². The zero-order valence-corrected chi connectivity index (χ0v) is 34.3. The standard InChI is InChI=1S/C44H58N4O7/c1-12-42(6,7)28-21-23-33(31(26-28)43(8,9)13-2)54-25-17-20-35(49)45-29-22-24-34(55-30-18-15-14-16-19-30)32(27-29)46-38(51)36(37(50)41(3,4)5)48-39(52)44(10,11)47-40(48)53/h14-16,18-19,21-24,26-27,36H,12-13,17,20,25H2,1-11H3,(H,45,49)(H,46,51)(H,47,53). The molecule has 1 atom stereocenters. The third-order valence-corrected chi connectivity index (χ3v) is 10.4. The van der Waals surface area contributed by atoms with E-state index in [2.05, 4.69) is 69.6 Å². The van der Waals surface area contributed by atoms with Gasteiger partial charge >= 0.3 is 6.03 Å². The number of carbonyl (C=O) groups is 5. The topological polar surface area (TPSA) is 143 Å². The van der Waals surface area contributed by atoms with E-state index >= 15 is 0 Å². The molecule has 1 aliphatic rings. The Morgan fingerprint density at radius 3 is 2.04 bits per heavy atom. The van der Waals surface area contributed by atoms with Crippen LogP contribution in [0.5, 0.6) is 17.2 Å². The van der Waals surface area contributed by atoms with Crippen molar-refractivity contribution < 1.29 is 33.4 Å². The van der Waals surface area contributed by atoms with Crippen LogP contribution in [0.2, 0.25) is 0 Å². The van der Waals surface area contributed by atoms with Crippen LogP contribution in [-0.2, 0) is 30.0 Å². The molecule has 4 rings (SSSR count). The number of imide groups is 1. The van der Waals surface area contributed by atoms with E-state index < -0.39 is 40.6 Å². The number of ketones is 1. The first-order valence-electron chi connectivity index (χ1n) is 19.1. The number of hydrogen-bond acceptors (Lipinski definition) is 7. The molecule has 3 aromatic carbocycles. The highest BCUT2D eigenvalue weighted by Crippen LogP contribution is 2.39. The number of amides is 5. The van der Waals surface area contributed by atoms with Gasteiger partial charge in [0.1, 0.15) is 17.0 Å². The van der Waals surface area contributed by atoms with Crippen LogP contribution in [0.15, 0.2) is 66.7 Å². The molecule has 1 aliphatic heterocycles. The lowest BCUT2D eigenvalue weighted by atomic mass is 9.76. The Morgan fingerprint density at radius 1 is 0.818 bits per heavy atom. The van der Waals surface area contributed by atoms with Crippen molar-refractivity contribution in [3.05, 3.63) is 77.9 Å². The Hall–Kier alpha value is -5.19. The third kappa shape index (κ3) is 10.1. The van der Waals surface area contributed by atoms with Gasteiger partial charge in [0.05, 0.1) is 12.3 Å². The van der Waals surface area contributed by atoms with Crippen LogP contribution in [0.4, 0.5) is 16.2 Å². The average molecular weight is 755 g/mol. The van der Waals surface area contributed by atoms with E-state index in [0.29, 0.717) is 29.4 Å². The number of carbonyl (C=O) groups excluding carboxylic acids is 5. The van der Waals surface area contributed by atoms with E-state index in [1.807, 2.05) is 12.1 Å². The molecule has 11 heteroatoms. The summed E-state index contributed by atoms with van der Waals surface area (Å²) in [7, 11) is 0. The fourth-order valence-electron chi connectivity index (χ4n) is 6.02. The summed E-state index contributed by atoms with van der Waals surface area (Å²) in [6.45, 7) is 21.4. The van der Waals surface area contributed by atoms with E-state index in [0.717, 1.165) is 24.2 Å². The third-order valence-electron chi connectivity index (χ3n) is 10.4. The fourth-order valence-corrected chi connectivity index (χ4v) is 6.02. The van der Waals surface area contributed by atoms with Crippen molar-refractivity contribution >= 4 is 40.9 Å². The lowest BCUT2D eigenvalue weighted by Gasteiger charge is -2.30. The molecule has 0 aromatic heterocycles. The monoisotopic (exact) mass is 754 g/mol. The molecule has 1 fully saturated rings. The van der Waals surface area contributed by atoms with Gasteiger partial charge in [-0.05, 0) is 85.9 Å². The van der Waals surface area contributed by atoms with Gasteiger partial charge in [-0.2, -0.15) is 0 Å². The lowest BCUT2D eigenvalue weighted by molar-refractivity contribution is -0.144. The highest BCUT2D eigenvalue weighted by molar-refractivity contribution is 6.20. The smallest absolute Gasteiger partial charge is 0.326 e. The summed E-state index contributed by atoms with van der Waals surface area (Å²) >= 11 is 0. The van der Waals surface area contributed by atoms with Crippen molar-refractivity contribution in [2.24, 2.45) is 5.41 Å². The second-order valence-electron chi connectivity index (χ2n) is 17.0. The van der Waals surface area contributed by atoms with E-state index in [9.17, 15) is 24.0 Å². The summed E-state index contributed by atoms with van der Waals surface area (Å²) in [5.41, 5.74) is 0.446. The number of ether oxygens (including phenoxy) is 2. The summed E-state index contributed by atoms with van der Waals surface area (Å²) in [5.74, 6) is -1.01. The van der Waals surface area contributed by atoms with Crippen LogP contribution in [-0.4, -0.2) is 52.6 Å². The van der Waals surface area contributed by atoms with Crippen LogP contribution in [0, 0.1) is 5.41 Å². The van der Waals surface area contributed by atoms with Gasteiger partial charge in [0.25, 0.3) is 11.8 Å². The van der Waals surface area contributed by atoms with E-state index in [4.69, 9.17) is 9.47 Å². The molecule has 0 radical (unpaired) electrons. The largest absolute Gasteiger partial charge is 0.493 e. The molecule has 296 valence electrons. The molecule has 1 saturated heterocycles. The van der Waals surface area contributed by atoms with Crippen molar-refractivity contribution in [3.8, 4) is 17.2 Å². The molecular formula is C44H58N4O7. The van der Waals surface area contributed by atoms with Gasteiger partial charge < -0.3 is 25.4 Å². The van der Waals surface area contributed by atoms with Crippen molar-refractivity contribution in [1.29, 1.82) is 0 Å². The number of Topliss-reactive ketones (excluding diaryl/α,β-unsaturated/α-hetero) is 1. The number of urea groups is 1. The first kappa shape index (κ1) is 42.6. The van der Waals surface area contributed by atoms with E-state index in [-0.39, 0.29) is 34.6 Å². The molecule has 1 unspecified atom stereocenters. The number of hydrogen-bond donors (Lipinski definition) is 3. The second kappa shape index (κ2) is 16.7. The summed E-state index contributed by atoms with van der Waals surface area (Å²) in [6, 6.07) is 17.4. The fraction of sp³-hybridized carbons (Fsp3) is 0.477. The Bertz CT molecular complexity index is 1910. The maximum atomic E-state index is 14.0. The minimum absolute atomic E-state index is 0.0376. The first-order chi connectivity index (χ1) is 25.6. The van der Waals surface area contributed by atoms with Gasteiger partial charge in [-0.25, -0.2) is 9.69 Å². The number of nitrogens with zero attached hydrogens (tertiary/aromatic N) is 1. The molecule has 1 heterocycles. The number of para-hydroxylation sites is 1. The first-order valence-corrected chi connectivity index (χ1v) is 19.1. The quantitative estimate of drug-likeness (QED) is 0.0753. The van der Waals surface area contributed by atoms with Crippen molar-refractivity contribution in [2.75, 3.05) is 17.2 Å². The number of benzene rings is 3. The van der Waals surface area contributed by atoms with Gasteiger partial charge in [0, 0.05) is 23.1 Å². The molecule has 3 aromatic rings. The second-order valence-corrected chi connectivity index (χ2v) is 17.0. The SMILES string of the molecule is CCC(C)(C)c1ccc(OCCCC(=O)Nc2ccc(Oc3ccccc3)c(NC(=O)C(C(=O)C(C)(C)C)N3C(=O)NC(C)(C)C3=O)c2)c(C(C)(C)CC)c1. The van der Waals surface area contributed by atoms with Gasteiger partial charge in [0.2, 0.25) is 5.91 Å². The Labute approximate surface area is 325 Å². The number of nitrogens with one attached hydrogen (secondary N) is 3. The van der Waals surface area contributed by atoms with E-state index in [1.54, 1.807) is 57.2 Å². The van der Waals surface area contributed by atoms with Crippen molar-refractivity contribution in [2.45, 2.75) is 124 Å². The molecular weight excluding hydrogens is 697 g/mol. The molecule has 0 saturated carbocycles. The summed E-state index contributed by atoms with van der Waals surface area (Å²) < 4.78 is 12.4. The normalized spacial score (nSPS) is 14.9. The molecule has 0 spiro atoms. The molecule has 0 bridgehead atoms. The van der Waals surface area contributed by atoms with Gasteiger partial charge in [0.15, 0.2) is 17.6 Å². The number of anilines is 2. The summed E-state index contributed by atoms with van der Waals surface area (Å²) in [6.07, 6.45) is 2.58. The van der Waals surface area contributed by atoms with Crippen LogP contribution < -0.4 is 25.4 Å². The molecule has 3 N–H and O–H groups in total. The van der Waals surface area contributed by atoms with E-state index in [1.165, 1.54) is 25.5 Å². The minimum Gasteiger partial charge on any atom is -0.493 e.